The van der Waals surface area contributed by atoms with Crippen molar-refractivity contribution in [2.75, 3.05) is 11.1 Å². The van der Waals surface area contributed by atoms with Crippen molar-refractivity contribution in [3.05, 3.63) is 35.7 Å². The molecule has 0 amide bonds. The summed E-state index contributed by atoms with van der Waals surface area (Å²) in [6.45, 7) is 6.07. The van der Waals surface area contributed by atoms with Gasteiger partial charge < -0.3 is 15.6 Å². The van der Waals surface area contributed by atoms with Crippen molar-refractivity contribution in [1.82, 2.24) is 20.3 Å². The molecule has 0 spiro atoms. The van der Waals surface area contributed by atoms with Crippen LogP contribution >= 0.6 is 0 Å². The maximum Gasteiger partial charge on any atom is 0.257 e. The first-order chi connectivity index (χ1) is 11.4. The van der Waals surface area contributed by atoms with Crippen molar-refractivity contribution in [2.24, 2.45) is 0 Å². The molecule has 0 radical (unpaired) electrons. The van der Waals surface area contributed by atoms with E-state index in [1.165, 1.54) is 0 Å². The molecular weight excluding hydrogens is 306 g/mol. The minimum absolute atomic E-state index is 0.170. The third-order valence-electron chi connectivity index (χ3n) is 3.40. The minimum atomic E-state index is -0.170. The van der Waals surface area contributed by atoms with E-state index >= 15 is 0 Å². The van der Waals surface area contributed by atoms with Gasteiger partial charge in [0.25, 0.3) is 5.89 Å². The normalized spacial score (nSPS) is 11.2. The summed E-state index contributed by atoms with van der Waals surface area (Å²) in [7, 11) is 0. The molecule has 0 unspecified atom stereocenters. The fourth-order valence-corrected chi connectivity index (χ4v) is 2.04. The number of H-pyrrole nitrogens is 1. The molecule has 3 aromatic rings. The number of hydrogen-bond donors (Lipinski definition) is 3. The van der Waals surface area contributed by atoms with Gasteiger partial charge in [-0.25, -0.2) is 0 Å². The Morgan fingerprint density at radius 3 is 2.54 bits per heavy atom. The highest BCUT2D eigenvalue weighted by Gasteiger charge is 2.21. The molecule has 0 atom stereocenters. The van der Waals surface area contributed by atoms with Crippen molar-refractivity contribution in [3.63, 3.8) is 0 Å². The number of nitrogen functional groups attached to an aromatic ring is 1. The van der Waals surface area contributed by atoms with Gasteiger partial charge in [0.05, 0.1) is 0 Å². The number of hydrogen-bond acceptors (Lipinski definition) is 7. The Morgan fingerprint density at radius 2 is 1.96 bits per heavy atom. The van der Waals surface area contributed by atoms with Gasteiger partial charge in [-0.05, 0) is 24.3 Å². The van der Waals surface area contributed by atoms with Gasteiger partial charge in [0.1, 0.15) is 17.5 Å². The highest BCUT2D eigenvalue weighted by molar-refractivity contribution is 5.70. The monoisotopic (exact) mass is 323 g/mol. The quantitative estimate of drug-likeness (QED) is 0.675. The molecule has 2 heterocycles. The second-order valence-corrected chi connectivity index (χ2v) is 6.35. The zero-order chi connectivity index (χ0) is 17.3. The first-order valence-electron chi connectivity index (χ1n) is 7.34. The standard InChI is InChI=1S/C16H17N7O/c1-16(2,3)15-20-14(24-23-15)9-4-6-10(7-5-9)19-13-11(8-17)12(18)21-22-13/h4-7H,1-3H3,(H4,18,19,21,22). The van der Waals surface area contributed by atoms with E-state index < -0.39 is 0 Å². The van der Waals surface area contributed by atoms with Crippen molar-refractivity contribution >= 4 is 17.3 Å². The maximum atomic E-state index is 9.07. The van der Waals surface area contributed by atoms with Crippen molar-refractivity contribution < 1.29 is 4.52 Å². The Labute approximate surface area is 138 Å². The molecule has 0 saturated carbocycles. The van der Waals surface area contributed by atoms with Crippen LogP contribution in [-0.4, -0.2) is 20.3 Å². The number of nitriles is 1. The van der Waals surface area contributed by atoms with Crippen LogP contribution < -0.4 is 11.1 Å². The highest BCUT2D eigenvalue weighted by Crippen LogP contribution is 2.26. The molecule has 2 aromatic heterocycles. The lowest BCUT2D eigenvalue weighted by Gasteiger charge is -2.10. The lowest BCUT2D eigenvalue weighted by atomic mass is 9.96. The molecule has 0 fully saturated rings. The number of nitrogens with one attached hydrogen (secondary N) is 2. The van der Waals surface area contributed by atoms with Crippen molar-refractivity contribution in [3.8, 4) is 17.5 Å². The summed E-state index contributed by atoms with van der Waals surface area (Å²) in [4.78, 5) is 4.42. The summed E-state index contributed by atoms with van der Waals surface area (Å²) < 4.78 is 5.32. The number of benzene rings is 1. The molecule has 3 rings (SSSR count). The Bertz CT molecular complexity index is 894. The Balaban J connectivity index is 1.81. The number of aromatic amines is 1. The number of nitrogens with zero attached hydrogens (tertiary/aromatic N) is 4. The number of rotatable bonds is 3. The molecule has 8 heteroatoms. The van der Waals surface area contributed by atoms with E-state index in [9.17, 15) is 0 Å². The summed E-state index contributed by atoms with van der Waals surface area (Å²) >= 11 is 0. The van der Waals surface area contributed by atoms with E-state index in [1.807, 2.05) is 51.1 Å². The maximum absolute atomic E-state index is 9.07. The fraction of sp³-hybridized carbons (Fsp3) is 0.250. The number of aromatic nitrogens is 4. The van der Waals surface area contributed by atoms with Crippen LogP contribution in [0.2, 0.25) is 0 Å². The van der Waals surface area contributed by atoms with Crippen LogP contribution in [0, 0.1) is 11.3 Å². The van der Waals surface area contributed by atoms with Crippen molar-refractivity contribution in [1.29, 1.82) is 5.26 Å². The molecule has 0 aliphatic carbocycles. The van der Waals surface area contributed by atoms with E-state index in [1.54, 1.807) is 0 Å². The third-order valence-corrected chi connectivity index (χ3v) is 3.40. The zero-order valence-electron chi connectivity index (χ0n) is 13.6. The first kappa shape index (κ1) is 15.6. The van der Waals surface area contributed by atoms with Crippen LogP contribution in [0.3, 0.4) is 0 Å². The molecule has 8 nitrogen and oxygen atoms in total. The van der Waals surface area contributed by atoms with Gasteiger partial charge in [-0.3, -0.25) is 5.10 Å². The lowest BCUT2D eigenvalue weighted by Crippen LogP contribution is -2.13. The van der Waals surface area contributed by atoms with Crippen LogP contribution in [0.25, 0.3) is 11.5 Å². The van der Waals surface area contributed by atoms with Gasteiger partial charge in [-0.1, -0.05) is 25.9 Å². The second-order valence-electron chi connectivity index (χ2n) is 6.35. The van der Waals surface area contributed by atoms with Gasteiger partial charge in [0.15, 0.2) is 11.6 Å². The summed E-state index contributed by atoms with van der Waals surface area (Å²) in [5.41, 5.74) is 7.32. The van der Waals surface area contributed by atoms with Gasteiger partial charge in [0.2, 0.25) is 0 Å². The summed E-state index contributed by atoms with van der Waals surface area (Å²) in [5.74, 6) is 1.74. The Hall–Kier alpha value is -3.34. The highest BCUT2D eigenvalue weighted by atomic mass is 16.5. The smallest absolute Gasteiger partial charge is 0.257 e. The average Bonchev–Trinajstić information content (AvgIpc) is 3.15. The van der Waals surface area contributed by atoms with Crippen LogP contribution in [0.1, 0.15) is 32.2 Å². The van der Waals surface area contributed by atoms with E-state index in [-0.39, 0.29) is 16.8 Å². The topological polar surface area (TPSA) is 129 Å². The summed E-state index contributed by atoms with van der Waals surface area (Å²) in [6.07, 6.45) is 0. The SMILES string of the molecule is CC(C)(C)c1noc(-c2ccc(Nc3n[nH]c(N)c3C#N)cc2)n1. The second kappa shape index (κ2) is 5.70. The molecular formula is C16H17N7O. The van der Waals surface area contributed by atoms with Crippen LogP contribution in [-0.2, 0) is 5.41 Å². The van der Waals surface area contributed by atoms with E-state index in [0.717, 1.165) is 11.3 Å². The predicted octanol–water partition coefficient (Wildman–Crippen LogP) is 2.95. The van der Waals surface area contributed by atoms with Crippen molar-refractivity contribution in [2.45, 2.75) is 26.2 Å². The molecule has 0 aliphatic heterocycles. The van der Waals surface area contributed by atoms with E-state index in [4.69, 9.17) is 15.5 Å². The molecule has 0 saturated heterocycles. The number of nitrogens with two attached hydrogens (primary N) is 1. The molecule has 0 aliphatic rings. The number of anilines is 3. The molecule has 1 aromatic carbocycles. The fourth-order valence-electron chi connectivity index (χ4n) is 2.04. The zero-order valence-corrected chi connectivity index (χ0v) is 13.6. The van der Waals surface area contributed by atoms with Crippen LogP contribution in [0.4, 0.5) is 17.3 Å². The van der Waals surface area contributed by atoms with E-state index in [0.29, 0.717) is 17.5 Å². The van der Waals surface area contributed by atoms with Gasteiger partial charge >= 0.3 is 0 Å². The molecule has 0 bridgehead atoms. The van der Waals surface area contributed by atoms with E-state index in [2.05, 4.69) is 25.7 Å². The minimum Gasteiger partial charge on any atom is -0.383 e. The van der Waals surface area contributed by atoms with Gasteiger partial charge in [-0.15, -0.1) is 0 Å². The first-order valence-corrected chi connectivity index (χ1v) is 7.34. The molecule has 24 heavy (non-hydrogen) atoms. The predicted molar refractivity (Wildman–Crippen MR) is 89.4 cm³/mol. The van der Waals surface area contributed by atoms with Crippen LogP contribution in [0.15, 0.2) is 28.8 Å². The summed E-state index contributed by atoms with van der Waals surface area (Å²) in [5, 5.41) is 22.7. The molecule has 4 N–H and O–H groups in total. The lowest BCUT2D eigenvalue weighted by molar-refractivity contribution is 0.402. The average molecular weight is 323 g/mol. The largest absolute Gasteiger partial charge is 0.383 e. The van der Waals surface area contributed by atoms with Gasteiger partial charge in [0, 0.05) is 16.7 Å². The van der Waals surface area contributed by atoms with Gasteiger partial charge in [-0.2, -0.15) is 15.3 Å². The Morgan fingerprint density at radius 1 is 1.25 bits per heavy atom. The summed E-state index contributed by atoms with van der Waals surface area (Å²) in [6, 6.07) is 9.38. The van der Waals surface area contributed by atoms with Crippen LogP contribution in [0.5, 0.6) is 0 Å². The Kier molecular flexibility index (Phi) is 3.69. The molecule has 122 valence electrons. The third kappa shape index (κ3) is 2.92.